The predicted octanol–water partition coefficient (Wildman–Crippen LogP) is 4.80. The number of carbonyl (C=O) groups excluding carboxylic acids is 1. The standard InChI is InChI=1S/C22H24ClNO3/c1-4-5-10-21(25)24-12-11-15-13-19(26-2)20(27-3)14-17(15)22(24)16-8-6-7-9-18(16)23/h4,6-9,13-14,22H,1,5,10-12H2,2-3H3. The first-order valence-electron chi connectivity index (χ1n) is 9.00. The number of nitrogens with zero attached hydrogens (tertiary/aromatic N) is 1. The largest absolute Gasteiger partial charge is 0.493 e. The fourth-order valence-corrected chi connectivity index (χ4v) is 3.85. The van der Waals surface area contributed by atoms with Gasteiger partial charge >= 0.3 is 0 Å². The number of carbonyl (C=O) groups is 1. The van der Waals surface area contributed by atoms with Crippen LogP contribution >= 0.6 is 11.6 Å². The van der Waals surface area contributed by atoms with Gasteiger partial charge in [0, 0.05) is 18.0 Å². The van der Waals surface area contributed by atoms with Crippen LogP contribution in [0.5, 0.6) is 11.5 Å². The molecule has 0 aliphatic carbocycles. The monoisotopic (exact) mass is 385 g/mol. The second-order valence-corrected chi connectivity index (χ2v) is 6.90. The summed E-state index contributed by atoms with van der Waals surface area (Å²) in [6, 6.07) is 11.4. The minimum absolute atomic E-state index is 0.0975. The van der Waals surface area contributed by atoms with E-state index in [-0.39, 0.29) is 11.9 Å². The number of benzene rings is 2. The quantitative estimate of drug-likeness (QED) is 0.670. The van der Waals surface area contributed by atoms with Crippen molar-refractivity contribution < 1.29 is 14.3 Å². The van der Waals surface area contributed by atoms with Crippen molar-refractivity contribution in [3.8, 4) is 11.5 Å². The van der Waals surface area contributed by atoms with E-state index in [4.69, 9.17) is 21.1 Å². The number of amides is 1. The first kappa shape index (κ1) is 19.3. The molecule has 1 amide bonds. The number of ether oxygens (including phenoxy) is 2. The highest BCUT2D eigenvalue weighted by Crippen LogP contribution is 2.42. The van der Waals surface area contributed by atoms with E-state index in [1.807, 2.05) is 41.3 Å². The van der Waals surface area contributed by atoms with E-state index in [2.05, 4.69) is 6.58 Å². The molecule has 142 valence electrons. The number of fused-ring (bicyclic) bond motifs is 1. The Labute approximate surface area is 165 Å². The number of hydrogen-bond donors (Lipinski definition) is 0. The van der Waals surface area contributed by atoms with Crippen LogP contribution < -0.4 is 9.47 Å². The molecule has 3 rings (SSSR count). The molecule has 0 fully saturated rings. The summed E-state index contributed by atoms with van der Waals surface area (Å²) in [6.45, 7) is 4.36. The second kappa shape index (κ2) is 8.49. The molecule has 2 aromatic rings. The van der Waals surface area contributed by atoms with Gasteiger partial charge in [0.15, 0.2) is 11.5 Å². The lowest BCUT2D eigenvalue weighted by Crippen LogP contribution is -2.40. The molecule has 4 nitrogen and oxygen atoms in total. The molecule has 1 aliphatic heterocycles. The van der Waals surface area contributed by atoms with Gasteiger partial charge in [0.05, 0.1) is 20.3 Å². The maximum atomic E-state index is 12.9. The van der Waals surface area contributed by atoms with E-state index >= 15 is 0 Å². The summed E-state index contributed by atoms with van der Waals surface area (Å²) >= 11 is 6.52. The van der Waals surface area contributed by atoms with Gasteiger partial charge in [-0.05, 0) is 47.7 Å². The third kappa shape index (κ3) is 3.81. The zero-order valence-corrected chi connectivity index (χ0v) is 16.5. The van der Waals surface area contributed by atoms with Crippen LogP contribution in [0.25, 0.3) is 0 Å². The van der Waals surface area contributed by atoms with E-state index in [0.717, 1.165) is 23.1 Å². The van der Waals surface area contributed by atoms with Crippen LogP contribution in [0.4, 0.5) is 0 Å². The highest BCUT2D eigenvalue weighted by atomic mass is 35.5. The van der Waals surface area contributed by atoms with E-state index in [1.54, 1.807) is 20.3 Å². The van der Waals surface area contributed by atoms with Crippen LogP contribution in [0.15, 0.2) is 49.1 Å². The smallest absolute Gasteiger partial charge is 0.223 e. The van der Waals surface area contributed by atoms with Gasteiger partial charge in [-0.2, -0.15) is 0 Å². The molecule has 0 N–H and O–H groups in total. The summed E-state index contributed by atoms with van der Waals surface area (Å²) < 4.78 is 11.0. The molecule has 0 saturated carbocycles. The van der Waals surface area contributed by atoms with Crippen LogP contribution in [-0.2, 0) is 11.2 Å². The van der Waals surface area contributed by atoms with Crippen LogP contribution in [0.1, 0.15) is 35.6 Å². The average molecular weight is 386 g/mol. The molecule has 1 heterocycles. The van der Waals surface area contributed by atoms with Gasteiger partial charge in [0.25, 0.3) is 0 Å². The summed E-state index contributed by atoms with van der Waals surface area (Å²) in [6.07, 6.45) is 3.63. The molecule has 1 unspecified atom stereocenters. The predicted molar refractivity (Wildman–Crippen MR) is 108 cm³/mol. The number of allylic oxidation sites excluding steroid dienone is 1. The third-order valence-corrected chi connectivity index (χ3v) is 5.30. The van der Waals surface area contributed by atoms with Gasteiger partial charge in [-0.25, -0.2) is 0 Å². The number of halogens is 1. The van der Waals surface area contributed by atoms with Crippen LogP contribution in [0, 0.1) is 0 Å². The summed E-state index contributed by atoms with van der Waals surface area (Å²) in [7, 11) is 3.24. The fraction of sp³-hybridized carbons (Fsp3) is 0.318. The molecule has 0 radical (unpaired) electrons. The van der Waals surface area contributed by atoms with Crippen molar-refractivity contribution in [1.29, 1.82) is 0 Å². The van der Waals surface area contributed by atoms with Crippen LogP contribution in [0.3, 0.4) is 0 Å². The summed E-state index contributed by atoms with van der Waals surface area (Å²) in [5, 5.41) is 0.645. The van der Waals surface area contributed by atoms with Gasteiger partial charge in [-0.1, -0.05) is 35.9 Å². The van der Waals surface area contributed by atoms with Crippen molar-refractivity contribution in [1.82, 2.24) is 4.90 Å². The second-order valence-electron chi connectivity index (χ2n) is 6.49. The lowest BCUT2D eigenvalue weighted by molar-refractivity contribution is -0.133. The normalized spacial score (nSPS) is 15.8. The first-order chi connectivity index (χ1) is 13.1. The molecule has 0 spiro atoms. The van der Waals surface area contributed by atoms with Crippen molar-refractivity contribution in [2.75, 3.05) is 20.8 Å². The third-order valence-electron chi connectivity index (χ3n) is 4.96. The summed E-state index contributed by atoms with van der Waals surface area (Å²) in [5.74, 6) is 1.44. The molecule has 0 aromatic heterocycles. The van der Waals surface area contributed by atoms with Crippen LogP contribution in [0.2, 0.25) is 5.02 Å². The Morgan fingerprint density at radius 3 is 2.59 bits per heavy atom. The Kier molecular flexibility index (Phi) is 6.07. The van der Waals surface area contributed by atoms with Crippen molar-refractivity contribution in [2.45, 2.75) is 25.3 Å². The van der Waals surface area contributed by atoms with Gasteiger partial charge in [-0.15, -0.1) is 6.58 Å². The summed E-state index contributed by atoms with van der Waals surface area (Å²) in [4.78, 5) is 14.8. The topological polar surface area (TPSA) is 38.8 Å². The van der Waals surface area contributed by atoms with Gasteiger partial charge in [0.1, 0.15) is 0 Å². The highest BCUT2D eigenvalue weighted by molar-refractivity contribution is 6.31. The minimum atomic E-state index is -0.250. The van der Waals surface area contributed by atoms with Gasteiger partial charge in [-0.3, -0.25) is 4.79 Å². The first-order valence-corrected chi connectivity index (χ1v) is 9.38. The van der Waals surface area contributed by atoms with Crippen LogP contribution in [-0.4, -0.2) is 31.6 Å². The Morgan fingerprint density at radius 1 is 1.22 bits per heavy atom. The molecule has 2 aromatic carbocycles. The maximum absolute atomic E-state index is 12.9. The van der Waals surface area contributed by atoms with Crippen molar-refractivity contribution in [3.63, 3.8) is 0 Å². The number of hydrogen-bond acceptors (Lipinski definition) is 3. The molecular formula is C22H24ClNO3. The van der Waals surface area contributed by atoms with E-state index in [1.165, 1.54) is 0 Å². The fourth-order valence-electron chi connectivity index (χ4n) is 3.62. The molecular weight excluding hydrogens is 362 g/mol. The minimum Gasteiger partial charge on any atom is -0.493 e. The zero-order valence-electron chi connectivity index (χ0n) is 15.7. The van der Waals surface area contributed by atoms with Gasteiger partial charge < -0.3 is 14.4 Å². The molecule has 27 heavy (non-hydrogen) atoms. The number of rotatable bonds is 6. The molecule has 1 aliphatic rings. The Balaban J connectivity index is 2.13. The summed E-state index contributed by atoms with van der Waals surface area (Å²) in [5.41, 5.74) is 3.09. The zero-order chi connectivity index (χ0) is 19.4. The van der Waals surface area contributed by atoms with Crippen molar-refractivity contribution in [2.24, 2.45) is 0 Å². The Hall–Kier alpha value is -2.46. The lowest BCUT2D eigenvalue weighted by Gasteiger charge is -2.38. The van der Waals surface area contributed by atoms with Crippen molar-refractivity contribution >= 4 is 17.5 Å². The highest BCUT2D eigenvalue weighted by Gasteiger charge is 2.34. The average Bonchev–Trinajstić information content (AvgIpc) is 2.70. The van der Waals surface area contributed by atoms with E-state index in [0.29, 0.717) is 35.9 Å². The Bertz CT molecular complexity index is 849. The molecule has 5 heteroatoms. The van der Waals surface area contributed by atoms with E-state index < -0.39 is 0 Å². The van der Waals surface area contributed by atoms with Gasteiger partial charge in [0.2, 0.25) is 5.91 Å². The molecule has 0 bridgehead atoms. The number of methoxy groups -OCH3 is 2. The SMILES string of the molecule is C=CCCC(=O)N1CCc2cc(OC)c(OC)cc2C1c1ccccc1Cl. The molecule has 1 atom stereocenters. The lowest BCUT2D eigenvalue weighted by atomic mass is 9.87. The van der Waals surface area contributed by atoms with Crippen molar-refractivity contribution in [3.05, 3.63) is 70.8 Å². The maximum Gasteiger partial charge on any atom is 0.223 e. The molecule has 0 saturated heterocycles. The Morgan fingerprint density at radius 2 is 1.93 bits per heavy atom. The van der Waals surface area contributed by atoms with E-state index in [9.17, 15) is 4.79 Å².